The van der Waals surface area contributed by atoms with Gasteiger partial charge in [0.05, 0.1) is 23.7 Å². The molecule has 3 aromatic carbocycles. The fourth-order valence-corrected chi connectivity index (χ4v) is 5.01. The van der Waals surface area contributed by atoms with Crippen molar-refractivity contribution >= 4 is 21.6 Å². The number of nitrogens with zero attached hydrogens (tertiary/aromatic N) is 1. The van der Waals surface area contributed by atoms with Crippen LogP contribution in [0.1, 0.15) is 31.9 Å². The minimum Gasteiger partial charge on any atom is -0.497 e. The Kier molecular flexibility index (Phi) is 8.11. The number of methoxy groups -OCH3 is 1. The molecule has 0 heterocycles. The largest absolute Gasteiger partial charge is 0.497 e. The summed E-state index contributed by atoms with van der Waals surface area (Å²) in [6.07, 6.45) is 0.742. The van der Waals surface area contributed by atoms with Crippen LogP contribution in [0.15, 0.2) is 89.8 Å². The van der Waals surface area contributed by atoms with E-state index in [0.29, 0.717) is 17.4 Å². The number of amides is 1. The molecule has 0 aliphatic carbocycles. The Labute approximate surface area is 196 Å². The molecule has 7 heteroatoms. The average Bonchev–Trinajstić information content (AvgIpc) is 2.83. The minimum absolute atomic E-state index is 0.0849. The Morgan fingerprint density at radius 1 is 0.909 bits per heavy atom. The van der Waals surface area contributed by atoms with E-state index in [2.05, 4.69) is 19.2 Å². The van der Waals surface area contributed by atoms with Gasteiger partial charge in [0.15, 0.2) is 0 Å². The fourth-order valence-electron chi connectivity index (χ4n) is 3.59. The van der Waals surface area contributed by atoms with Crippen molar-refractivity contribution < 1.29 is 17.9 Å². The van der Waals surface area contributed by atoms with Crippen LogP contribution in [0, 0.1) is 5.92 Å². The summed E-state index contributed by atoms with van der Waals surface area (Å²) in [7, 11) is -2.46. The summed E-state index contributed by atoms with van der Waals surface area (Å²) in [5, 5.41) is 3.04. The van der Waals surface area contributed by atoms with Crippen LogP contribution in [0.2, 0.25) is 0 Å². The second kappa shape index (κ2) is 11.0. The molecule has 3 rings (SSSR count). The molecule has 0 unspecified atom stereocenters. The van der Waals surface area contributed by atoms with Crippen molar-refractivity contribution in [1.29, 1.82) is 0 Å². The molecule has 1 N–H and O–H groups in total. The van der Waals surface area contributed by atoms with E-state index in [4.69, 9.17) is 4.74 Å². The van der Waals surface area contributed by atoms with Crippen LogP contribution in [0.3, 0.4) is 0 Å². The number of benzene rings is 3. The molecule has 6 nitrogen and oxygen atoms in total. The molecular formula is C26H30N2O4S. The van der Waals surface area contributed by atoms with Crippen LogP contribution in [-0.4, -0.2) is 28.0 Å². The number of para-hydroxylation sites is 1. The van der Waals surface area contributed by atoms with Gasteiger partial charge >= 0.3 is 0 Å². The zero-order valence-corrected chi connectivity index (χ0v) is 20.0. The maximum Gasteiger partial charge on any atom is 0.264 e. The van der Waals surface area contributed by atoms with Gasteiger partial charge in [-0.2, -0.15) is 0 Å². The number of ether oxygens (including phenoxy) is 1. The molecule has 0 aromatic heterocycles. The number of sulfonamides is 1. The van der Waals surface area contributed by atoms with Crippen molar-refractivity contribution in [2.24, 2.45) is 5.92 Å². The summed E-state index contributed by atoms with van der Waals surface area (Å²) in [5.41, 5.74) is 1.41. The van der Waals surface area contributed by atoms with Gasteiger partial charge in [0.2, 0.25) is 5.91 Å². The summed E-state index contributed by atoms with van der Waals surface area (Å²) in [6.45, 7) is 3.85. The summed E-state index contributed by atoms with van der Waals surface area (Å²) in [4.78, 5) is 13.2. The van der Waals surface area contributed by atoms with Crippen LogP contribution in [0.5, 0.6) is 5.75 Å². The summed E-state index contributed by atoms with van der Waals surface area (Å²) in [6, 6.07) is 24.3. The number of hydrogen-bond donors (Lipinski definition) is 1. The third-order valence-electron chi connectivity index (χ3n) is 5.22. The quantitative estimate of drug-likeness (QED) is 0.466. The molecule has 1 atom stereocenters. The van der Waals surface area contributed by atoms with E-state index in [-0.39, 0.29) is 23.4 Å². The monoisotopic (exact) mass is 466 g/mol. The molecule has 0 radical (unpaired) electrons. The molecular weight excluding hydrogens is 436 g/mol. The molecule has 33 heavy (non-hydrogen) atoms. The first-order valence-corrected chi connectivity index (χ1v) is 12.3. The van der Waals surface area contributed by atoms with Crippen molar-refractivity contribution in [3.05, 3.63) is 90.5 Å². The number of carbonyl (C=O) groups is 1. The first kappa shape index (κ1) is 24.3. The molecule has 0 saturated heterocycles. The van der Waals surface area contributed by atoms with Gasteiger partial charge in [0.1, 0.15) is 12.3 Å². The molecule has 0 bridgehead atoms. The van der Waals surface area contributed by atoms with E-state index in [1.54, 1.807) is 42.5 Å². The Morgan fingerprint density at radius 3 is 2.03 bits per heavy atom. The van der Waals surface area contributed by atoms with Gasteiger partial charge in [-0.1, -0.05) is 62.4 Å². The predicted molar refractivity (Wildman–Crippen MR) is 131 cm³/mol. The highest BCUT2D eigenvalue weighted by Gasteiger charge is 2.28. The SMILES string of the molecule is COc1ccc(S(=O)(=O)N(CC(=O)N[C@H](CC(C)C)c2ccccc2)c2ccccc2)cc1. The van der Waals surface area contributed by atoms with Gasteiger partial charge in [-0.3, -0.25) is 9.10 Å². The topological polar surface area (TPSA) is 75.7 Å². The van der Waals surface area contributed by atoms with Crippen LogP contribution < -0.4 is 14.4 Å². The summed E-state index contributed by atoms with van der Waals surface area (Å²) < 4.78 is 33.3. The number of hydrogen-bond acceptors (Lipinski definition) is 4. The van der Waals surface area contributed by atoms with Crippen molar-refractivity contribution in [2.75, 3.05) is 18.0 Å². The van der Waals surface area contributed by atoms with E-state index in [9.17, 15) is 13.2 Å². The van der Waals surface area contributed by atoms with Crippen molar-refractivity contribution in [2.45, 2.75) is 31.2 Å². The normalized spacial score (nSPS) is 12.2. The third-order valence-corrected chi connectivity index (χ3v) is 7.01. The Hall–Kier alpha value is -3.32. The molecule has 0 saturated carbocycles. The standard InChI is InChI=1S/C26H30N2O4S/c1-20(2)18-25(21-10-6-4-7-11-21)27-26(29)19-28(22-12-8-5-9-13-22)33(30,31)24-16-14-23(32-3)15-17-24/h4-17,20,25H,18-19H2,1-3H3,(H,27,29)/t25-/m1/s1. The Morgan fingerprint density at radius 2 is 1.48 bits per heavy atom. The highest BCUT2D eigenvalue weighted by Crippen LogP contribution is 2.26. The number of carbonyl (C=O) groups excluding carboxylic acids is 1. The molecule has 0 aliphatic rings. The lowest BCUT2D eigenvalue weighted by Crippen LogP contribution is -2.42. The highest BCUT2D eigenvalue weighted by molar-refractivity contribution is 7.92. The molecule has 3 aromatic rings. The first-order valence-electron chi connectivity index (χ1n) is 10.9. The first-order chi connectivity index (χ1) is 15.8. The molecule has 0 aliphatic heterocycles. The van der Waals surface area contributed by atoms with E-state index < -0.39 is 10.0 Å². The second-order valence-corrected chi connectivity index (χ2v) is 10.0. The minimum atomic E-state index is -3.98. The zero-order chi connectivity index (χ0) is 23.8. The van der Waals surface area contributed by atoms with Crippen LogP contribution in [0.25, 0.3) is 0 Å². The van der Waals surface area contributed by atoms with Gasteiger partial charge in [-0.15, -0.1) is 0 Å². The number of rotatable bonds is 10. The zero-order valence-electron chi connectivity index (χ0n) is 19.1. The second-order valence-electron chi connectivity index (χ2n) is 8.18. The summed E-state index contributed by atoms with van der Waals surface area (Å²) in [5.74, 6) is 0.534. The smallest absolute Gasteiger partial charge is 0.264 e. The van der Waals surface area contributed by atoms with Gasteiger partial charge in [0.25, 0.3) is 10.0 Å². The van der Waals surface area contributed by atoms with E-state index >= 15 is 0 Å². The van der Waals surface area contributed by atoms with Crippen molar-refractivity contribution in [3.8, 4) is 5.75 Å². The lowest BCUT2D eigenvalue weighted by molar-refractivity contribution is -0.120. The third kappa shape index (κ3) is 6.35. The molecule has 0 spiro atoms. The summed E-state index contributed by atoms with van der Waals surface area (Å²) >= 11 is 0. The lowest BCUT2D eigenvalue weighted by atomic mass is 9.97. The van der Waals surface area contributed by atoms with E-state index in [0.717, 1.165) is 16.3 Å². The molecule has 0 fully saturated rings. The lowest BCUT2D eigenvalue weighted by Gasteiger charge is -2.26. The molecule has 1 amide bonds. The van der Waals surface area contributed by atoms with Crippen LogP contribution in [-0.2, 0) is 14.8 Å². The van der Waals surface area contributed by atoms with E-state index in [1.807, 2.05) is 30.3 Å². The van der Waals surface area contributed by atoms with Crippen LogP contribution >= 0.6 is 0 Å². The average molecular weight is 467 g/mol. The van der Waals surface area contributed by atoms with Crippen molar-refractivity contribution in [3.63, 3.8) is 0 Å². The van der Waals surface area contributed by atoms with Gasteiger partial charge < -0.3 is 10.1 Å². The van der Waals surface area contributed by atoms with E-state index in [1.165, 1.54) is 19.2 Å². The van der Waals surface area contributed by atoms with Gasteiger partial charge in [-0.25, -0.2) is 8.42 Å². The predicted octanol–water partition coefficient (Wildman–Crippen LogP) is 4.79. The number of anilines is 1. The van der Waals surface area contributed by atoms with Gasteiger partial charge in [0, 0.05) is 0 Å². The Bertz CT molecular complexity index is 1130. The maximum absolute atomic E-state index is 13.5. The van der Waals surface area contributed by atoms with Crippen molar-refractivity contribution in [1.82, 2.24) is 5.32 Å². The molecule has 174 valence electrons. The Balaban J connectivity index is 1.89. The highest BCUT2D eigenvalue weighted by atomic mass is 32.2. The maximum atomic E-state index is 13.5. The van der Waals surface area contributed by atoms with Crippen LogP contribution in [0.4, 0.5) is 5.69 Å². The van der Waals surface area contributed by atoms with Gasteiger partial charge in [-0.05, 0) is 54.3 Å². The number of nitrogens with one attached hydrogen (secondary N) is 1. The fraction of sp³-hybridized carbons (Fsp3) is 0.269.